The Balaban J connectivity index is 1.81. The zero-order valence-corrected chi connectivity index (χ0v) is 11.9. The van der Waals surface area contributed by atoms with Crippen molar-refractivity contribution in [3.05, 3.63) is 24.0 Å². The summed E-state index contributed by atoms with van der Waals surface area (Å²) < 4.78 is 0. The third-order valence-corrected chi connectivity index (χ3v) is 4.73. The number of hydrogen-bond acceptors (Lipinski definition) is 3. The van der Waals surface area contributed by atoms with E-state index in [0.717, 1.165) is 24.2 Å². The molecule has 1 aromatic heterocycles. The van der Waals surface area contributed by atoms with Crippen LogP contribution in [-0.2, 0) is 6.54 Å². The molecule has 1 aliphatic carbocycles. The molecular weight excluding hydrogens is 234 g/mol. The number of rotatable bonds is 3. The monoisotopic (exact) mass is 259 g/mol. The lowest BCUT2D eigenvalue weighted by atomic mass is 9.78. The van der Waals surface area contributed by atoms with E-state index in [2.05, 4.69) is 27.3 Å². The van der Waals surface area contributed by atoms with Gasteiger partial charge in [0.1, 0.15) is 0 Å². The van der Waals surface area contributed by atoms with Crippen LogP contribution in [0.3, 0.4) is 0 Å². The van der Waals surface area contributed by atoms with Crippen molar-refractivity contribution < 1.29 is 0 Å². The Kier molecular flexibility index (Phi) is 4.02. The van der Waals surface area contributed by atoms with Gasteiger partial charge in [0.05, 0.1) is 5.69 Å². The molecule has 19 heavy (non-hydrogen) atoms. The van der Waals surface area contributed by atoms with Crippen LogP contribution >= 0.6 is 0 Å². The molecule has 2 fully saturated rings. The predicted molar refractivity (Wildman–Crippen MR) is 79.3 cm³/mol. The number of nitrogens with zero attached hydrogens (tertiary/aromatic N) is 2. The largest absolute Gasteiger partial charge is 0.368 e. The van der Waals surface area contributed by atoms with Crippen LogP contribution in [-0.4, -0.2) is 24.6 Å². The fourth-order valence-electron chi connectivity index (χ4n) is 3.87. The number of hydrogen-bond donors (Lipinski definition) is 1. The smallest absolute Gasteiger partial charge is 0.0562 e. The van der Waals surface area contributed by atoms with Crippen LogP contribution in [0.1, 0.15) is 44.2 Å². The molecule has 3 heteroatoms. The third kappa shape index (κ3) is 2.76. The van der Waals surface area contributed by atoms with Gasteiger partial charge in [0.25, 0.3) is 0 Å². The molecule has 104 valence electrons. The molecular formula is C16H25N3. The average molecular weight is 259 g/mol. The van der Waals surface area contributed by atoms with E-state index in [4.69, 9.17) is 0 Å². The lowest BCUT2D eigenvalue weighted by Crippen LogP contribution is -2.47. The summed E-state index contributed by atoms with van der Waals surface area (Å²) in [4.78, 5) is 7.10. The van der Waals surface area contributed by atoms with Crippen LogP contribution in [0.15, 0.2) is 18.3 Å². The number of aromatic nitrogens is 1. The van der Waals surface area contributed by atoms with Gasteiger partial charge in [0.2, 0.25) is 0 Å². The number of fused-ring (bicyclic) bond motifs is 1. The summed E-state index contributed by atoms with van der Waals surface area (Å²) >= 11 is 0. The summed E-state index contributed by atoms with van der Waals surface area (Å²) in [5.41, 5.74) is 2.54. The summed E-state index contributed by atoms with van der Waals surface area (Å²) in [6.45, 7) is 2.08. The highest BCUT2D eigenvalue weighted by Crippen LogP contribution is 2.37. The minimum Gasteiger partial charge on any atom is -0.368 e. The molecule has 0 amide bonds. The van der Waals surface area contributed by atoms with E-state index >= 15 is 0 Å². The topological polar surface area (TPSA) is 28.2 Å². The second-order valence-corrected chi connectivity index (χ2v) is 5.98. The van der Waals surface area contributed by atoms with E-state index in [-0.39, 0.29) is 0 Å². The van der Waals surface area contributed by atoms with Crippen molar-refractivity contribution in [2.75, 3.05) is 18.5 Å². The molecule has 1 saturated heterocycles. The van der Waals surface area contributed by atoms with Gasteiger partial charge >= 0.3 is 0 Å². The van der Waals surface area contributed by atoms with E-state index < -0.39 is 0 Å². The van der Waals surface area contributed by atoms with Gasteiger partial charge in [-0.15, -0.1) is 0 Å². The molecule has 3 rings (SSSR count). The molecule has 1 saturated carbocycles. The molecule has 0 bridgehead atoms. The van der Waals surface area contributed by atoms with Crippen LogP contribution in [0.4, 0.5) is 5.69 Å². The summed E-state index contributed by atoms with van der Waals surface area (Å²) in [6, 6.07) is 5.25. The van der Waals surface area contributed by atoms with Crippen molar-refractivity contribution in [3.8, 4) is 0 Å². The van der Waals surface area contributed by atoms with Crippen molar-refractivity contribution in [2.45, 2.75) is 51.1 Å². The third-order valence-electron chi connectivity index (χ3n) is 4.73. The normalized spacial score (nSPS) is 27.1. The van der Waals surface area contributed by atoms with Crippen molar-refractivity contribution in [3.63, 3.8) is 0 Å². The molecule has 1 aromatic rings. The molecule has 0 spiro atoms. The molecule has 2 aliphatic rings. The van der Waals surface area contributed by atoms with Gasteiger partial charge in [-0.05, 0) is 50.8 Å². The maximum absolute atomic E-state index is 4.44. The molecule has 3 nitrogen and oxygen atoms in total. The van der Waals surface area contributed by atoms with Crippen LogP contribution in [0.2, 0.25) is 0 Å². The summed E-state index contributed by atoms with van der Waals surface area (Å²) in [5.74, 6) is 0.934. The first-order valence-corrected chi connectivity index (χ1v) is 7.74. The van der Waals surface area contributed by atoms with Gasteiger partial charge in [0.15, 0.2) is 0 Å². The fraction of sp³-hybridized carbons (Fsp3) is 0.688. The highest BCUT2D eigenvalue weighted by atomic mass is 15.2. The Bertz CT molecular complexity index is 416. The number of nitrogens with one attached hydrogen (secondary N) is 1. The van der Waals surface area contributed by atoms with E-state index in [0.29, 0.717) is 0 Å². The Morgan fingerprint density at radius 1 is 1.26 bits per heavy atom. The second-order valence-electron chi connectivity index (χ2n) is 5.98. The van der Waals surface area contributed by atoms with Gasteiger partial charge in [-0.1, -0.05) is 12.8 Å². The maximum atomic E-state index is 4.44. The van der Waals surface area contributed by atoms with Gasteiger partial charge in [-0.25, -0.2) is 0 Å². The fourth-order valence-corrected chi connectivity index (χ4v) is 3.87. The van der Waals surface area contributed by atoms with Crippen LogP contribution in [0, 0.1) is 5.92 Å². The maximum Gasteiger partial charge on any atom is 0.0562 e. The van der Waals surface area contributed by atoms with Crippen LogP contribution in [0.25, 0.3) is 0 Å². The van der Waals surface area contributed by atoms with Crippen LogP contribution in [0.5, 0.6) is 0 Å². The Morgan fingerprint density at radius 3 is 3.00 bits per heavy atom. The summed E-state index contributed by atoms with van der Waals surface area (Å²) in [7, 11) is 1.98. The molecule has 2 heterocycles. The van der Waals surface area contributed by atoms with Crippen molar-refractivity contribution >= 4 is 5.69 Å². The minimum atomic E-state index is 0.785. The zero-order valence-electron chi connectivity index (χ0n) is 11.9. The SMILES string of the molecule is CNCc1cc(N2CCCC3CCCCC32)ccn1. The first-order valence-electron chi connectivity index (χ1n) is 7.74. The second kappa shape index (κ2) is 5.91. The van der Waals surface area contributed by atoms with E-state index in [9.17, 15) is 0 Å². The number of anilines is 1. The lowest BCUT2D eigenvalue weighted by Gasteiger charge is -2.45. The van der Waals surface area contributed by atoms with E-state index in [1.807, 2.05) is 13.2 Å². The number of piperidine rings is 1. The van der Waals surface area contributed by atoms with Gasteiger partial charge < -0.3 is 10.2 Å². The predicted octanol–water partition coefficient (Wildman–Crippen LogP) is 2.96. The Hall–Kier alpha value is -1.09. The minimum absolute atomic E-state index is 0.785. The Morgan fingerprint density at radius 2 is 2.11 bits per heavy atom. The molecule has 1 aliphatic heterocycles. The quantitative estimate of drug-likeness (QED) is 0.904. The van der Waals surface area contributed by atoms with Crippen molar-refractivity contribution in [1.29, 1.82) is 0 Å². The average Bonchev–Trinajstić information content (AvgIpc) is 2.47. The summed E-state index contributed by atoms with van der Waals surface area (Å²) in [5, 5.41) is 3.19. The van der Waals surface area contributed by atoms with Crippen molar-refractivity contribution in [2.24, 2.45) is 5.92 Å². The highest BCUT2D eigenvalue weighted by molar-refractivity contribution is 5.48. The highest BCUT2D eigenvalue weighted by Gasteiger charge is 2.33. The summed E-state index contributed by atoms with van der Waals surface area (Å²) in [6.07, 6.45) is 10.4. The van der Waals surface area contributed by atoms with E-state index in [1.54, 1.807) is 0 Å². The van der Waals surface area contributed by atoms with Gasteiger partial charge in [0, 0.05) is 31.0 Å². The standard InChI is InChI=1S/C16H25N3/c1-17-12-14-11-15(8-9-18-14)19-10-4-6-13-5-2-3-7-16(13)19/h8-9,11,13,16-17H,2-7,10,12H2,1H3. The first-order chi connectivity index (χ1) is 9.38. The lowest BCUT2D eigenvalue weighted by molar-refractivity contribution is 0.244. The molecule has 2 atom stereocenters. The first kappa shape index (κ1) is 12.9. The van der Waals surface area contributed by atoms with Gasteiger partial charge in [-0.2, -0.15) is 0 Å². The molecule has 1 N–H and O–H groups in total. The molecule has 0 aromatic carbocycles. The zero-order chi connectivity index (χ0) is 13.1. The van der Waals surface area contributed by atoms with Crippen LogP contribution < -0.4 is 10.2 Å². The number of pyridine rings is 1. The van der Waals surface area contributed by atoms with Gasteiger partial charge in [-0.3, -0.25) is 4.98 Å². The molecule has 0 radical (unpaired) electrons. The Labute approximate surface area is 116 Å². The van der Waals surface area contributed by atoms with E-state index in [1.165, 1.54) is 50.8 Å². The van der Waals surface area contributed by atoms with Crippen molar-refractivity contribution in [1.82, 2.24) is 10.3 Å². The molecule has 2 unspecified atom stereocenters.